The van der Waals surface area contributed by atoms with Crippen LogP contribution in [0.3, 0.4) is 0 Å². The first-order chi connectivity index (χ1) is 7.61. The number of ether oxygens (including phenoxy) is 1. The molecule has 0 atom stereocenters. The molecule has 0 unspecified atom stereocenters. The fourth-order valence-electron chi connectivity index (χ4n) is 1.02. The molecule has 0 aromatic heterocycles. The van der Waals surface area contributed by atoms with Gasteiger partial charge in [-0.25, -0.2) is 8.78 Å². The molecule has 1 N–H and O–H groups in total. The maximum absolute atomic E-state index is 12.7. The van der Waals surface area contributed by atoms with Crippen molar-refractivity contribution in [1.29, 1.82) is 0 Å². The predicted molar refractivity (Wildman–Crippen MR) is 55.6 cm³/mol. The molecular weight excluding hydrogens is 240 g/mol. The van der Waals surface area contributed by atoms with Crippen LogP contribution in [0.4, 0.5) is 8.78 Å². The molecule has 1 aromatic carbocycles. The van der Waals surface area contributed by atoms with Crippen LogP contribution in [0.15, 0.2) is 18.2 Å². The zero-order valence-corrected chi connectivity index (χ0v) is 9.06. The SMILES string of the molecule is O=C(CCl)NCCOc1cc(F)cc(F)c1. The molecule has 1 amide bonds. The summed E-state index contributed by atoms with van der Waals surface area (Å²) in [7, 11) is 0. The highest BCUT2D eigenvalue weighted by Crippen LogP contribution is 2.14. The molecule has 0 fully saturated rings. The summed E-state index contributed by atoms with van der Waals surface area (Å²) in [6, 6.07) is 2.88. The first-order valence-electron chi connectivity index (χ1n) is 4.53. The maximum atomic E-state index is 12.7. The molecule has 1 aromatic rings. The van der Waals surface area contributed by atoms with Gasteiger partial charge in [-0.15, -0.1) is 11.6 Å². The normalized spacial score (nSPS) is 9.94. The van der Waals surface area contributed by atoms with Crippen LogP contribution in [0.2, 0.25) is 0 Å². The molecule has 3 nitrogen and oxygen atoms in total. The molecule has 6 heteroatoms. The van der Waals surface area contributed by atoms with E-state index in [9.17, 15) is 13.6 Å². The van der Waals surface area contributed by atoms with E-state index in [1.54, 1.807) is 0 Å². The molecule has 0 aliphatic heterocycles. The fraction of sp³-hybridized carbons (Fsp3) is 0.300. The van der Waals surface area contributed by atoms with Gasteiger partial charge in [0.2, 0.25) is 5.91 Å². The van der Waals surface area contributed by atoms with Gasteiger partial charge in [0.25, 0.3) is 0 Å². The summed E-state index contributed by atoms with van der Waals surface area (Å²) in [5.41, 5.74) is 0. The average molecular weight is 250 g/mol. The number of rotatable bonds is 5. The molecule has 0 saturated carbocycles. The van der Waals surface area contributed by atoms with Crippen molar-refractivity contribution in [3.05, 3.63) is 29.8 Å². The molecule has 16 heavy (non-hydrogen) atoms. The summed E-state index contributed by atoms with van der Waals surface area (Å²) in [4.78, 5) is 10.7. The van der Waals surface area contributed by atoms with E-state index < -0.39 is 11.6 Å². The van der Waals surface area contributed by atoms with E-state index in [2.05, 4.69) is 5.32 Å². The molecule has 0 saturated heterocycles. The molecule has 88 valence electrons. The molecule has 0 bridgehead atoms. The Labute approximate surface area is 96.4 Å². The van der Waals surface area contributed by atoms with Crippen molar-refractivity contribution in [2.75, 3.05) is 19.0 Å². The number of alkyl halides is 1. The van der Waals surface area contributed by atoms with Crippen molar-refractivity contribution >= 4 is 17.5 Å². The number of halogens is 3. The smallest absolute Gasteiger partial charge is 0.235 e. The average Bonchev–Trinajstić information content (AvgIpc) is 2.22. The lowest BCUT2D eigenvalue weighted by Crippen LogP contribution is -2.28. The topological polar surface area (TPSA) is 38.3 Å². The molecule has 1 rings (SSSR count). The fourth-order valence-corrected chi connectivity index (χ4v) is 1.11. The van der Waals surface area contributed by atoms with E-state index in [0.29, 0.717) is 0 Å². The number of nitrogens with one attached hydrogen (secondary N) is 1. The summed E-state index contributed by atoms with van der Waals surface area (Å²) >= 11 is 5.24. The predicted octanol–water partition coefficient (Wildman–Crippen LogP) is 1.70. The van der Waals surface area contributed by atoms with Crippen LogP contribution >= 0.6 is 11.6 Å². The van der Waals surface area contributed by atoms with E-state index in [0.717, 1.165) is 18.2 Å². The van der Waals surface area contributed by atoms with Crippen LogP contribution in [-0.4, -0.2) is 24.9 Å². The third-order valence-corrected chi connectivity index (χ3v) is 1.89. The van der Waals surface area contributed by atoms with Gasteiger partial charge in [-0.1, -0.05) is 0 Å². The lowest BCUT2D eigenvalue weighted by atomic mass is 10.3. The standard InChI is InChI=1S/C10H10ClF2NO2/c11-6-10(15)14-1-2-16-9-4-7(12)3-8(13)5-9/h3-5H,1-2,6H2,(H,14,15). The highest BCUT2D eigenvalue weighted by molar-refractivity contribution is 6.27. The second-order valence-electron chi connectivity index (χ2n) is 2.94. The molecule has 0 radical (unpaired) electrons. The molecule has 0 spiro atoms. The van der Waals surface area contributed by atoms with Gasteiger partial charge in [0, 0.05) is 18.2 Å². The highest BCUT2D eigenvalue weighted by atomic mass is 35.5. The van der Waals surface area contributed by atoms with Crippen molar-refractivity contribution in [1.82, 2.24) is 5.32 Å². The zero-order chi connectivity index (χ0) is 12.0. The summed E-state index contributed by atoms with van der Waals surface area (Å²) in [5.74, 6) is -1.79. The van der Waals surface area contributed by atoms with Crippen molar-refractivity contribution in [2.24, 2.45) is 0 Å². The summed E-state index contributed by atoms with van der Waals surface area (Å²) in [6.07, 6.45) is 0. The summed E-state index contributed by atoms with van der Waals surface area (Å²) in [5, 5.41) is 2.45. The van der Waals surface area contributed by atoms with E-state index >= 15 is 0 Å². The lowest BCUT2D eigenvalue weighted by Gasteiger charge is -2.07. The van der Waals surface area contributed by atoms with Crippen LogP contribution in [0, 0.1) is 11.6 Å². The largest absolute Gasteiger partial charge is 0.492 e. The van der Waals surface area contributed by atoms with Crippen molar-refractivity contribution in [2.45, 2.75) is 0 Å². The van der Waals surface area contributed by atoms with Gasteiger partial charge in [-0.3, -0.25) is 4.79 Å². The second kappa shape index (κ2) is 6.27. The van der Waals surface area contributed by atoms with Crippen LogP contribution < -0.4 is 10.1 Å². The van der Waals surface area contributed by atoms with Gasteiger partial charge >= 0.3 is 0 Å². The quantitative estimate of drug-likeness (QED) is 0.637. The number of carbonyl (C=O) groups excluding carboxylic acids is 1. The Bertz CT molecular complexity index is 354. The van der Waals surface area contributed by atoms with E-state index in [1.807, 2.05) is 0 Å². The van der Waals surface area contributed by atoms with Crippen molar-refractivity contribution in [3.63, 3.8) is 0 Å². The maximum Gasteiger partial charge on any atom is 0.235 e. The summed E-state index contributed by atoms with van der Waals surface area (Å²) in [6.45, 7) is 0.342. The van der Waals surface area contributed by atoms with Crippen LogP contribution in [0.5, 0.6) is 5.75 Å². The van der Waals surface area contributed by atoms with Gasteiger partial charge in [0.05, 0.1) is 6.54 Å². The number of amides is 1. The zero-order valence-electron chi connectivity index (χ0n) is 8.30. The number of hydrogen-bond donors (Lipinski definition) is 1. The third-order valence-electron chi connectivity index (χ3n) is 1.65. The molecule has 0 heterocycles. The lowest BCUT2D eigenvalue weighted by molar-refractivity contribution is -0.118. The van der Waals surface area contributed by atoms with E-state index in [1.165, 1.54) is 0 Å². The van der Waals surface area contributed by atoms with Crippen LogP contribution in [0.25, 0.3) is 0 Å². The number of benzene rings is 1. The molecule has 0 aliphatic rings. The molecule has 0 aliphatic carbocycles. The van der Waals surface area contributed by atoms with Gasteiger partial charge in [0.1, 0.15) is 29.9 Å². The van der Waals surface area contributed by atoms with E-state index in [4.69, 9.17) is 16.3 Å². The Morgan fingerprint density at radius 1 is 1.31 bits per heavy atom. The number of carbonyl (C=O) groups is 1. The van der Waals surface area contributed by atoms with Gasteiger partial charge in [-0.2, -0.15) is 0 Å². The Kier molecular flexibility index (Phi) is 4.98. The first kappa shape index (κ1) is 12.7. The Morgan fingerprint density at radius 3 is 2.50 bits per heavy atom. The second-order valence-corrected chi connectivity index (χ2v) is 3.20. The first-order valence-corrected chi connectivity index (χ1v) is 5.07. The minimum atomic E-state index is -0.709. The van der Waals surface area contributed by atoms with Gasteiger partial charge in [-0.05, 0) is 0 Å². The minimum Gasteiger partial charge on any atom is -0.492 e. The van der Waals surface area contributed by atoms with Gasteiger partial charge in [0.15, 0.2) is 0 Å². The minimum absolute atomic E-state index is 0.0811. The van der Waals surface area contributed by atoms with Gasteiger partial charge < -0.3 is 10.1 Å². The highest BCUT2D eigenvalue weighted by Gasteiger charge is 2.01. The number of hydrogen-bond acceptors (Lipinski definition) is 2. The van der Waals surface area contributed by atoms with E-state index in [-0.39, 0.29) is 30.7 Å². The van der Waals surface area contributed by atoms with Crippen LogP contribution in [0.1, 0.15) is 0 Å². The van der Waals surface area contributed by atoms with Crippen molar-refractivity contribution in [3.8, 4) is 5.75 Å². The van der Waals surface area contributed by atoms with Crippen molar-refractivity contribution < 1.29 is 18.3 Å². The monoisotopic (exact) mass is 249 g/mol. The third kappa shape index (κ3) is 4.44. The Morgan fingerprint density at radius 2 is 1.94 bits per heavy atom. The Hall–Kier alpha value is -1.36. The summed E-state index contributed by atoms with van der Waals surface area (Å²) < 4.78 is 30.5. The Balaban J connectivity index is 2.34. The molecular formula is C10H10ClF2NO2. The van der Waals surface area contributed by atoms with Crippen LogP contribution in [-0.2, 0) is 4.79 Å².